The monoisotopic (exact) mass is 430 g/mol. The number of carbonyl (C=O) groups is 2. The molecule has 0 aliphatic carbocycles. The summed E-state index contributed by atoms with van der Waals surface area (Å²) in [6.07, 6.45) is 3.18. The second kappa shape index (κ2) is 10.7. The molecule has 0 bridgehead atoms. The second-order valence-electron chi connectivity index (χ2n) is 7.92. The standard InChI is InChI=1S/C20H34N2O8/c1-19(17(23)21(3)4)27-11-15(12-28-19)25-9-7-8-10-26-16-13-29-20(2,30-14-16)18(24)22(5)6/h7-8,15-16H,9-14H2,1-6H3/b8-7+. The highest BCUT2D eigenvalue weighted by molar-refractivity contribution is 5.83. The Kier molecular flexibility index (Phi) is 8.77. The van der Waals surface area contributed by atoms with E-state index >= 15 is 0 Å². The summed E-state index contributed by atoms with van der Waals surface area (Å²) in [6.45, 7) is 5.08. The quantitative estimate of drug-likeness (QED) is 0.497. The van der Waals surface area contributed by atoms with E-state index in [1.807, 2.05) is 12.2 Å². The third-order valence-corrected chi connectivity index (χ3v) is 4.79. The molecule has 172 valence electrons. The van der Waals surface area contributed by atoms with Gasteiger partial charge in [0.25, 0.3) is 11.8 Å². The van der Waals surface area contributed by atoms with E-state index in [1.54, 1.807) is 42.0 Å². The van der Waals surface area contributed by atoms with Crippen molar-refractivity contribution in [3.8, 4) is 0 Å². The van der Waals surface area contributed by atoms with Crippen molar-refractivity contribution in [2.45, 2.75) is 37.6 Å². The molecule has 2 heterocycles. The first-order valence-corrected chi connectivity index (χ1v) is 9.95. The van der Waals surface area contributed by atoms with Crippen LogP contribution in [-0.4, -0.2) is 113 Å². The lowest BCUT2D eigenvalue weighted by molar-refractivity contribution is -0.278. The molecule has 0 aromatic carbocycles. The SMILES string of the molecule is CN(C)C(=O)C1(C)OCC(OC/C=C/COC2COC(C)(C(=O)N(C)C)OC2)CO1. The predicted octanol–water partition coefficient (Wildman–Crippen LogP) is 0.0154. The van der Waals surface area contributed by atoms with Gasteiger partial charge in [-0.3, -0.25) is 9.59 Å². The van der Waals surface area contributed by atoms with Crippen LogP contribution < -0.4 is 0 Å². The Bertz CT molecular complexity index is 554. The van der Waals surface area contributed by atoms with Gasteiger partial charge in [-0.15, -0.1) is 0 Å². The summed E-state index contributed by atoms with van der Waals surface area (Å²) in [5.41, 5.74) is 0. The molecule has 0 aromatic heterocycles. The molecule has 30 heavy (non-hydrogen) atoms. The maximum absolute atomic E-state index is 12.1. The topological polar surface area (TPSA) is 96.0 Å². The molecule has 10 nitrogen and oxygen atoms in total. The highest BCUT2D eigenvalue weighted by atomic mass is 16.7. The van der Waals surface area contributed by atoms with Crippen LogP contribution in [-0.2, 0) is 38.0 Å². The largest absolute Gasteiger partial charge is 0.369 e. The molecule has 0 atom stereocenters. The van der Waals surface area contributed by atoms with Gasteiger partial charge in [0.05, 0.1) is 39.6 Å². The fourth-order valence-corrected chi connectivity index (χ4v) is 2.96. The van der Waals surface area contributed by atoms with Gasteiger partial charge in [-0.05, 0) is 13.8 Å². The number of hydrogen-bond acceptors (Lipinski definition) is 8. The molecule has 2 amide bonds. The summed E-state index contributed by atoms with van der Waals surface area (Å²) in [7, 11) is 6.62. The molecule has 0 saturated carbocycles. The maximum Gasteiger partial charge on any atom is 0.282 e. The minimum atomic E-state index is -1.26. The number of nitrogens with zero attached hydrogens (tertiary/aromatic N) is 2. The highest BCUT2D eigenvalue weighted by Gasteiger charge is 2.42. The van der Waals surface area contributed by atoms with Crippen molar-refractivity contribution in [3.05, 3.63) is 12.2 Å². The number of hydrogen-bond donors (Lipinski definition) is 0. The number of rotatable bonds is 8. The Balaban J connectivity index is 1.59. The van der Waals surface area contributed by atoms with Gasteiger partial charge in [0.2, 0.25) is 11.6 Å². The molecule has 2 aliphatic heterocycles. The van der Waals surface area contributed by atoms with Gasteiger partial charge >= 0.3 is 0 Å². The van der Waals surface area contributed by atoms with E-state index in [-0.39, 0.29) is 50.4 Å². The van der Waals surface area contributed by atoms with Crippen LogP contribution in [0.15, 0.2) is 12.2 Å². The van der Waals surface area contributed by atoms with Crippen molar-refractivity contribution in [3.63, 3.8) is 0 Å². The minimum absolute atomic E-state index is 0.236. The predicted molar refractivity (Wildman–Crippen MR) is 107 cm³/mol. The summed E-state index contributed by atoms with van der Waals surface area (Å²) < 4.78 is 33.6. The van der Waals surface area contributed by atoms with E-state index in [4.69, 9.17) is 28.4 Å². The Morgan fingerprint density at radius 2 is 1.07 bits per heavy atom. The molecule has 2 rings (SSSR count). The number of ether oxygens (including phenoxy) is 6. The van der Waals surface area contributed by atoms with Crippen molar-refractivity contribution in [2.24, 2.45) is 0 Å². The first kappa shape index (κ1) is 24.7. The Morgan fingerprint density at radius 3 is 1.33 bits per heavy atom. The summed E-state index contributed by atoms with van der Waals surface area (Å²) in [4.78, 5) is 27.0. The zero-order valence-electron chi connectivity index (χ0n) is 18.7. The average Bonchev–Trinajstić information content (AvgIpc) is 2.72. The van der Waals surface area contributed by atoms with Crippen LogP contribution in [0, 0.1) is 0 Å². The van der Waals surface area contributed by atoms with E-state index in [9.17, 15) is 9.59 Å². The van der Waals surface area contributed by atoms with Gasteiger partial charge in [0.1, 0.15) is 12.2 Å². The van der Waals surface area contributed by atoms with E-state index < -0.39 is 11.6 Å². The van der Waals surface area contributed by atoms with Gasteiger partial charge < -0.3 is 38.2 Å². The van der Waals surface area contributed by atoms with Crippen molar-refractivity contribution < 1.29 is 38.0 Å². The first-order valence-electron chi connectivity index (χ1n) is 9.95. The average molecular weight is 430 g/mol. The molecule has 0 unspecified atom stereocenters. The lowest BCUT2D eigenvalue weighted by Gasteiger charge is -2.37. The zero-order valence-corrected chi connectivity index (χ0v) is 18.7. The third kappa shape index (κ3) is 6.47. The van der Waals surface area contributed by atoms with Gasteiger partial charge in [-0.2, -0.15) is 0 Å². The summed E-state index contributed by atoms with van der Waals surface area (Å²) in [5.74, 6) is -2.99. The van der Waals surface area contributed by atoms with Gasteiger partial charge in [0, 0.05) is 28.2 Å². The Hall–Kier alpha value is -1.56. The summed E-state index contributed by atoms with van der Waals surface area (Å²) in [5, 5.41) is 0. The van der Waals surface area contributed by atoms with Crippen LogP contribution >= 0.6 is 0 Å². The normalized spacial score (nSPS) is 32.2. The molecule has 2 saturated heterocycles. The zero-order chi connectivity index (χ0) is 22.4. The second-order valence-corrected chi connectivity index (χ2v) is 7.92. The van der Waals surface area contributed by atoms with E-state index in [0.29, 0.717) is 13.2 Å². The molecule has 2 fully saturated rings. The fourth-order valence-electron chi connectivity index (χ4n) is 2.96. The summed E-state index contributed by atoms with van der Waals surface area (Å²) >= 11 is 0. The molecular formula is C20H34N2O8. The Labute approximate surface area is 177 Å². The van der Waals surface area contributed by atoms with E-state index in [1.165, 1.54) is 9.80 Å². The smallest absolute Gasteiger partial charge is 0.282 e. The lowest BCUT2D eigenvalue weighted by Crippen LogP contribution is -2.54. The third-order valence-electron chi connectivity index (χ3n) is 4.79. The molecular weight excluding hydrogens is 396 g/mol. The molecule has 0 spiro atoms. The van der Waals surface area contributed by atoms with Gasteiger partial charge in [-0.25, -0.2) is 0 Å². The van der Waals surface area contributed by atoms with E-state index in [2.05, 4.69) is 0 Å². The van der Waals surface area contributed by atoms with Crippen molar-refractivity contribution in [1.29, 1.82) is 0 Å². The summed E-state index contributed by atoms with van der Waals surface area (Å²) in [6, 6.07) is 0. The van der Waals surface area contributed by atoms with Gasteiger partial charge in [-0.1, -0.05) is 12.2 Å². The fraction of sp³-hybridized carbons (Fsp3) is 0.800. The number of likely N-dealkylation sites (N-methyl/N-ethyl adjacent to an activating group) is 2. The first-order chi connectivity index (χ1) is 14.1. The maximum atomic E-state index is 12.1. The Morgan fingerprint density at radius 1 is 0.767 bits per heavy atom. The van der Waals surface area contributed by atoms with Gasteiger partial charge in [0.15, 0.2) is 0 Å². The van der Waals surface area contributed by atoms with Crippen molar-refractivity contribution >= 4 is 11.8 Å². The van der Waals surface area contributed by atoms with Crippen LogP contribution in [0.4, 0.5) is 0 Å². The molecule has 0 aromatic rings. The number of amides is 2. The van der Waals surface area contributed by atoms with Crippen molar-refractivity contribution in [1.82, 2.24) is 9.80 Å². The lowest BCUT2D eigenvalue weighted by atomic mass is 10.2. The minimum Gasteiger partial charge on any atom is -0.369 e. The van der Waals surface area contributed by atoms with Crippen LogP contribution in [0.5, 0.6) is 0 Å². The molecule has 2 aliphatic rings. The molecule has 0 radical (unpaired) electrons. The van der Waals surface area contributed by atoms with Crippen LogP contribution in [0.1, 0.15) is 13.8 Å². The van der Waals surface area contributed by atoms with Crippen LogP contribution in [0.25, 0.3) is 0 Å². The van der Waals surface area contributed by atoms with Crippen molar-refractivity contribution in [2.75, 3.05) is 67.8 Å². The molecule has 0 N–H and O–H groups in total. The highest BCUT2D eigenvalue weighted by Crippen LogP contribution is 2.22. The number of carbonyl (C=O) groups excluding carboxylic acids is 2. The van der Waals surface area contributed by atoms with E-state index in [0.717, 1.165) is 0 Å². The van der Waals surface area contributed by atoms with Crippen LogP contribution in [0.3, 0.4) is 0 Å². The van der Waals surface area contributed by atoms with Crippen LogP contribution in [0.2, 0.25) is 0 Å². The molecule has 10 heteroatoms.